The van der Waals surface area contributed by atoms with E-state index in [4.69, 9.17) is 9.47 Å². The third-order valence-corrected chi connectivity index (χ3v) is 7.45. The third-order valence-electron chi connectivity index (χ3n) is 7.45. The van der Waals surface area contributed by atoms with E-state index in [2.05, 4.69) is 59.3 Å². The lowest BCUT2D eigenvalue weighted by Gasteiger charge is -2.26. The number of ether oxygens (including phenoxy) is 2. The molecule has 8 nitrogen and oxygen atoms in total. The van der Waals surface area contributed by atoms with E-state index in [-0.39, 0.29) is 17.7 Å². The van der Waals surface area contributed by atoms with Crippen LogP contribution in [0.1, 0.15) is 50.3 Å². The molecule has 5 rings (SSSR count). The third kappa shape index (κ3) is 4.75. The van der Waals surface area contributed by atoms with E-state index in [0.717, 1.165) is 98.5 Å². The Morgan fingerprint density at radius 2 is 2.09 bits per heavy atom. The van der Waals surface area contributed by atoms with E-state index in [1.54, 1.807) is 6.20 Å². The number of nitrogens with one attached hydrogen (secondary N) is 2. The molecule has 2 aliphatic heterocycles. The van der Waals surface area contributed by atoms with Crippen LogP contribution in [0.2, 0.25) is 0 Å². The summed E-state index contributed by atoms with van der Waals surface area (Å²) in [6.07, 6.45) is 6.88. The van der Waals surface area contributed by atoms with Crippen molar-refractivity contribution >= 4 is 27.5 Å². The van der Waals surface area contributed by atoms with E-state index in [1.807, 2.05) is 4.68 Å². The highest BCUT2D eigenvalue weighted by molar-refractivity contribution is 6.04. The molecule has 0 aliphatic carbocycles. The highest BCUT2D eigenvalue weighted by Crippen LogP contribution is 2.34. The molecule has 4 heterocycles. The van der Waals surface area contributed by atoms with Gasteiger partial charge in [-0.15, -0.1) is 0 Å². The molecule has 2 unspecified atom stereocenters. The van der Waals surface area contributed by atoms with Crippen LogP contribution in [0.25, 0.3) is 27.5 Å². The van der Waals surface area contributed by atoms with E-state index in [1.165, 1.54) is 0 Å². The zero-order chi connectivity index (χ0) is 24.4. The van der Waals surface area contributed by atoms with E-state index < -0.39 is 0 Å². The van der Waals surface area contributed by atoms with Crippen molar-refractivity contribution in [3.63, 3.8) is 0 Å². The maximum atomic E-state index is 12.9. The summed E-state index contributed by atoms with van der Waals surface area (Å²) in [6.45, 7) is 12.7. The molecule has 2 N–H and O–H groups in total. The van der Waals surface area contributed by atoms with Gasteiger partial charge in [-0.2, -0.15) is 5.10 Å². The number of benzene rings is 1. The van der Waals surface area contributed by atoms with Crippen molar-refractivity contribution < 1.29 is 9.47 Å². The first-order valence-corrected chi connectivity index (χ1v) is 13.0. The second kappa shape index (κ2) is 10.5. The van der Waals surface area contributed by atoms with Crippen LogP contribution in [0.3, 0.4) is 0 Å². The molecule has 3 aromatic rings. The fourth-order valence-corrected chi connectivity index (χ4v) is 5.55. The predicted octanol–water partition coefficient (Wildman–Crippen LogP) is 3.60. The van der Waals surface area contributed by atoms with Crippen LogP contribution in [-0.4, -0.2) is 71.8 Å². The van der Waals surface area contributed by atoms with Crippen molar-refractivity contribution in [1.29, 1.82) is 0 Å². The molecule has 1 aromatic carbocycles. The second-order valence-electron chi connectivity index (χ2n) is 9.63. The maximum absolute atomic E-state index is 12.9. The monoisotopic (exact) mass is 479 g/mol. The number of aromatic amines is 1. The fourth-order valence-electron chi connectivity index (χ4n) is 5.55. The standard InChI is InChI=1S/C27H37N5O3/c1-4-22(28-8-6-9-31-10-13-34-14-11-31)19-16-20-23(15-18(19)3)30-27(33)21-17-29-32(26(20)21)24-7-12-35-25(24)5-2/h4,15-17,24-25,28H,5-14H2,1-3H3,(H,30,33). The minimum absolute atomic E-state index is 0.0923. The first-order valence-electron chi connectivity index (χ1n) is 13.0. The zero-order valence-electron chi connectivity index (χ0n) is 21.1. The first kappa shape index (κ1) is 24.0. The van der Waals surface area contributed by atoms with Gasteiger partial charge in [0.15, 0.2) is 0 Å². The smallest absolute Gasteiger partial charge is 0.259 e. The number of allylic oxidation sites excluding steroid dienone is 1. The van der Waals surface area contributed by atoms with Gasteiger partial charge in [0.05, 0.1) is 48.0 Å². The van der Waals surface area contributed by atoms with Gasteiger partial charge in [-0.1, -0.05) is 13.0 Å². The van der Waals surface area contributed by atoms with Gasteiger partial charge in [0, 0.05) is 42.9 Å². The molecular formula is C27H37N5O3. The van der Waals surface area contributed by atoms with E-state index in [9.17, 15) is 4.79 Å². The number of H-pyrrole nitrogens is 1. The molecule has 2 saturated heterocycles. The van der Waals surface area contributed by atoms with Crippen LogP contribution < -0.4 is 10.9 Å². The summed E-state index contributed by atoms with van der Waals surface area (Å²) in [7, 11) is 0. The second-order valence-corrected chi connectivity index (χ2v) is 9.63. The van der Waals surface area contributed by atoms with Gasteiger partial charge >= 0.3 is 0 Å². The summed E-state index contributed by atoms with van der Waals surface area (Å²) in [5.74, 6) is 0. The van der Waals surface area contributed by atoms with Crippen molar-refractivity contribution in [1.82, 2.24) is 25.0 Å². The number of rotatable bonds is 8. The number of aromatic nitrogens is 3. The Hall–Kier alpha value is -2.68. The van der Waals surface area contributed by atoms with Gasteiger partial charge in [0.1, 0.15) is 0 Å². The van der Waals surface area contributed by atoms with Gasteiger partial charge in [-0.3, -0.25) is 14.4 Å². The Balaban J connectivity index is 1.46. The number of pyridine rings is 1. The van der Waals surface area contributed by atoms with Crippen molar-refractivity contribution in [2.24, 2.45) is 0 Å². The van der Waals surface area contributed by atoms with Crippen molar-refractivity contribution in [2.75, 3.05) is 46.0 Å². The number of fused-ring (bicyclic) bond motifs is 3. The molecule has 35 heavy (non-hydrogen) atoms. The lowest BCUT2D eigenvalue weighted by atomic mass is 10.00. The summed E-state index contributed by atoms with van der Waals surface area (Å²) < 4.78 is 13.4. The van der Waals surface area contributed by atoms with Crippen LogP contribution in [-0.2, 0) is 9.47 Å². The normalized spacial score (nSPS) is 21.9. The molecule has 2 aromatic heterocycles. The number of hydrogen-bond donors (Lipinski definition) is 2. The predicted molar refractivity (Wildman–Crippen MR) is 140 cm³/mol. The molecule has 0 radical (unpaired) electrons. The first-order chi connectivity index (χ1) is 17.1. The van der Waals surface area contributed by atoms with Crippen LogP contribution in [0.4, 0.5) is 0 Å². The summed E-state index contributed by atoms with van der Waals surface area (Å²) in [5.41, 5.74) is 5.06. The van der Waals surface area contributed by atoms with E-state index >= 15 is 0 Å². The van der Waals surface area contributed by atoms with E-state index in [0.29, 0.717) is 5.39 Å². The molecule has 188 valence electrons. The Morgan fingerprint density at radius 1 is 1.26 bits per heavy atom. The van der Waals surface area contributed by atoms with Crippen LogP contribution in [0.15, 0.2) is 29.2 Å². The maximum Gasteiger partial charge on any atom is 0.259 e. The molecule has 0 saturated carbocycles. The van der Waals surface area contributed by atoms with Crippen LogP contribution in [0.5, 0.6) is 0 Å². The number of aryl methyl sites for hydroxylation is 1. The van der Waals surface area contributed by atoms with Gasteiger partial charge in [0.25, 0.3) is 5.56 Å². The van der Waals surface area contributed by atoms with Gasteiger partial charge in [-0.25, -0.2) is 0 Å². The number of hydrogen-bond acceptors (Lipinski definition) is 6. The van der Waals surface area contributed by atoms with Crippen molar-refractivity contribution in [2.45, 2.75) is 52.2 Å². The summed E-state index contributed by atoms with van der Waals surface area (Å²) in [5, 5.41) is 10.00. The number of nitrogens with zero attached hydrogens (tertiary/aromatic N) is 3. The largest absolute Gasteiger partial charge is 0.385 e. The molecular weight excluding hydrogens is 442 g/mol. The van der Waals surface area contributed by atoms with Crippen molar-refractivity contribution in [3.05, 3.63) is 45.9 Å². The van der Waals surface area contributed by atoms with Crippen LogP contribution in [0, 0.1) is 6.92 Å². The Morgan fingerprint density at radius 3 is 2.86 bits per heavy atom. The van der Waals surface area contributed by atoms with Gasteiger partial charge < -0.3 is 19.8 Å². The summed E-state index contributed by atoms with van der Waals surface area (Å²) >= 11 is 0. The summed E-state index contributed by atoms with van der Waals surface area (Å²) in [6, 6.07) is 4.44. The lowest BCUT2D eigenvalue weighted by molar-refractivity contribution is 0.0376. The quantitative estimate of drug-likeness (QED) is 0.481. The average Bonchev–Trinajstić information content (AvgIpc) is 3.52. The molecule has 2 aliphatic rings. The zero-order valence-corrected chi connectivity index (χ0v) is 21.1. The SMILES string of the molecule is CC=C(NCCCN1CCOCC1)c1cc2c(cc1C)[nH]c(=O)c1cnn(C3CCOC3CC)c12. The average molecular weight is 480 g/mol. The van der Waals surface area contributed by atoms with Gasteiger partial charge in [0.2, 0.25) is 0 Å². The highest BCUT2D eigenvalue weighted by atomic mass is 16.5. The minimum atomic E-state index is -0.0923. The Bertz CT molecular complexity index is 1270. The fraction of sp³-hybridized carbons (Fsp3) is 0.556. The van der Waals surface area contributed by atoms with Crippen LogP contribution >= 0.6 is 0 Å². The highest BCUT2D eigenvalue weighted by Gasteiger charge is 2.31. The lowest BCUT2D eigenvalue weighted by Crippen LogP contribution is -2.37. The molecule has 0 spiro atoms. The Labute approximate surface area is 206 Å². The molecule has 2 atom stereocenters. The molecule has 2 fully saturated rings. The number of morpholine rings is 1. The molecule has 0 amide bonds. The summed E-state index contributed by atoms with van der Waals surface area (Å²) in [4.78, 5) is 18.4. The van der Waals surface area contributed by atoms with Crippen molar-refractivity contribution in [3.8, 4) is 0 Å². The molecule has 8 heteroatoms. The molecule has 0 bridgehead atoms. The minimum Gasteiger partial charge on any atom is -0.385 e. The topological polar surface area (TPSA) is 84.4 Å². The van der Waals surface area contributed by atoms with Gasteiger partial charge in [-0.05, 0) is 57.4 Å². The Kier molecular flexibility index (Phi) is 7.22.